The zero-order valence-electron chi connectivity index (χ0n) is 16.6. The Balaban J connectivity index is 1.25. The molecule has 1 fully saturated rings. The van der Waals surface area contributed by atoms with Crippen LogP contribution in [0.2, 0.25) is 0 Å². The minimum atomic E-state index is -0.272. The average molecular weight is 394 g/mol. The number of amides is 1. The van der Waals surface area contributed by atoms with Gasteiger partial charge in [0.1, 0.15) is 38.5 Å². The fourth-order valence-electron chi connectivity index (χ4n) is 4.15. The van der Waals surface area contributed by atoms with Crippen molar-refractivity contribution in [2.24, 2.45) is 0 Å². The molecule has 3 N–H and O–H groups in total. The number of benzene rings is 3. The number of carbonyl (C=O) groups excluding carboxylic acids is 1. The molecule has 0 bridgehead atoms. The number of carbonyl (C=O) groups is 1. The smallest absolute Gasteiger partial charge is 0.275 e. The van der Waals surface area contributed by atoms with E-state index in [1.807, 2.05) is 0 Å². The monoisotopic (exact) mass is 393 g/mol. The van der Waals surface area contributed by atoms with Crippen LogP contribution in [0.4, 0.5) is 4.39 Å². The normalized spacial score (nSPS) is 19.2. The highest BCUT2D eigenvalue weighted by Gasteiger charge is 2.25. The fraction of sp³-hybridized carbons (Fsp3) is 0.292. The summed E-state index contributed by atoms with van der Waals surface area (Å²) in [5.41, 5.74) is 1.92. The molecule has 4 rings (SSSR count). The van der Waals surface area contributed by atoms with Gasteiger partial charge >= 0.3 is 0 Å². The van der Waals surface area contributed by atoms with Crippen molar-refractivity contribution in [2.45, 2.75) is 13.1 Å². The molecule has 0 atom stereocenters. The lowest BCUT2D eigenvalue weighted by Crippen LogP contribution is -3.28. The SMILES string of the molecule is O=C(C[NH+]1CC[NH+](Cc2cccc3ccccc23)CC1)NCc1ccccc1F. The maximum atomic E-state index is 13.7. The molecule has 150 valence electrons. The topological polar surface area (TPSA) is 38.0 Å². The van der Waals surface area contributed by atoms with Gasteiger partial charge in [0.2, 0.25) is 0 Å². The number of quaternary nitrogens is 2. The van der Waals surface area contributed by atoms with Gasteiger partial charge in [0.25, 0.3) is 5.91 Å². The lowest BCUT2D eigenvalue weighted by atomic mass is 10.0. The van der Waals surface area contributed by atoms with Crippen LogP contribution in [0.25, 0.3) is 10.8 Å². The number of hydrogen-bond donors (Lipinski definition) is 3. The zero-order chi connectivity index (χ0) is 20.1. The summed E-state index contributed by atoms with van der Waals surface area (Å²) in [6.45, 7) is 5.79. The first kappa shape index (κ1) is 19.6. The van der Waals surface area contributed by atoms with Gasteiger partial charge in [-0.05, 0) is 16.8 Å². The second-order valence-electron chi connectivity index (χ2n) is 7.86. The van der Waals surface area contributed by atoms with Crippen LogP contribution in [0.15, 0.2) is 66.7 Å². The number of fused-ring (bicyclic) bond motifs is 1. The quantitative estimate of drug-likeness (QED) is 0.563. The third kappa shape index (κ3) is 5.00. The van der Waals surface area contributed by atoms with Crippen molar-refractivity contribution < 1.29 is 19.0 Å². The number of halogens is 1. The molecule has 1 aliphatic heterocycles. The van der Waals surface area contributed by atoms with Gasteiger partial charge in [-0.1, -0.05) is 60.7 Å². The van der Waals surface area contributed by atoms with Gasteiger partial charge in [0, 0.05) is 17.7 Å². The Labute approximate surface area is 170 Å². The van der Waals surface area contributed by atoms with Crippen LogP contribution in [-0.2, 0) is 17.9 Å². The molecular formula is C24H28FN3O+2. The standard InChI is InChI=1S/C24H26FN3O/c25-23-11-4-2-7-20(23)16-26-24(29)18-28-14-12-27(13-15-28)17-21-9-5-8-19-6-1-3-10-22(19)21/h1-11H,12-18H2,(H,26,29)/p+2. The van der Waals surface area contributed by atoms with Gasteiger partial charge in [0.05, 0.1) is 0 Å². The number of rotatable bonds is 6. The maximum absolute atomic E-state index is 13.7. The van der Waals surface area contributed by atoms with E-state index in [0.29, 0.717) is 12.1 Å². The van der Waals surface area contributed by atoms with Crippen molar-refractivity contribution in [1.82, 2.24) is 5.32 Å². The van der Waals surface area contributed by atoms with Crippen molar-refractivity contribution >= 4 is 16.7 Å². The van der Waals surface area contributed by atoms with E-state index in [9.17, 15) is 9.18 Å². The molecule has 3 aromatic carbocycles. The van der Waals surface area contributed by atoms with Gasteiger partial charge in [0.15, 0.2) is 6.54 Å². The molecule has 0 saturated carbocycles. The van der Waals surface area contributed by atoms with Gasteiger partial charge < -0.3 is 15.1 Å². The highest BCUT2D eigenvalue weighted by atomic mass is 19.1. The fourth-order valence-corrected chi connectivity index (χ4v) is 4.15. The van der Waals surface area contributed by atoms with E-state index in [2.05, 4.69) is 47.8 Å². The number of piperazine rings is 1. The third-order valence-corrected chi connectivity index (χ3v) is 5.83. The van der Waals surface area contributed by atoms with E-state index < -0.39 is 0 Å². The zero-order valence-corrected chi connectivity index (χ0v) is 16.6. The summed E-state index contributed by atoms with van der Waals surface area (Å²) in [5.74, 6) is -0.286. The molecule has 0 unspecified atom stereocenters. The Kier molecular flexibility index (Phi) is 6.17. The Bertz CT molecular complexity index is 977. The minimum absolute atomic E-state index is 0.0132. The predicted octanol–water partition coefficient (Wildman–Crippen LogP) is 0.579. The summed E-state index contributed by atoms with van der Waals surface area (Å²) in [7, 11) is 0. The molecule has 1 aliphatic rings. The van der Waals surface area contributed by atoms with Gasteiger partial charge in [-0.3, -0.25) is 4.79 Å². The summed E-state index contributed by atoms with van der Waals surface area (Å²) in [6, 6.07) is 21.6. The third-order valence-electron chi connectivity index (χ3n) is 5.83. The summed E-state index contributed by atoms with van der Waals surface area (Å²) in [6.07, 6.45) is 0. The molecule has 1 heterocycles. The number of nitrogens with one attached hydrogen (secondary N) is 3. The summed E-state index contributed by atoms with van der Waals surface area (Å²) >= 11 is 0. The molecule has 29 heavy (non-hydrogen) atoms. The molecule has 0 radical (unpaired) electrons. The average Bonchev–Trinajstić information content (AvgIpc) is 2.75. The maximum Gasteiger partial charge on any atom is 0.275 e. The molecule has 4 nitrogen and oxygen atoms in total. The highest BCUT2D eigenvalue weighted by Crippen LogP contribution is 2.17. The van der Waals surface area contributed by atoms with E-state index in [0.717, 1.165) is 32.7 Å². The molecule has 1 amide bonds. The first-order chi connectivity index (χ1) is 14.2. The van der Waals surface area contributed by atoms with Crippen molar-refractivity contribution in [3.8, 4) is 0 Å². The predicted molar refractivity (Wildman–Crippen MR) is 112 cm³/mol. The Morgan fingerprint density at radius 3 is 2.31 bits per heavy atom. The second-order valence-corrected chi connectivity index (χ2v) is 7.86. The lowest BCUT2D eigenvalue weighted by Gasteiger charge is -2.29. The molecule has 1 saturated heterocycles. The molecular weight excluding hydrogens is 365 g/mol. The Hall–Kier alpha value is -2.76. The van der Waals surface area contributed by atoms with Crippen LogP contribution in [0.3, 0.4) is 0 Å². The largest absolute Gasteiger partial charge is 0.347 e. The van der Waals surface area contributed by atoms with Crippen LogP contribution >= 0.6 is 0 Å². The van der Waals surface area contributed by atoms with Crippen LogP contribution in [0.5, 0.6) is 0 Å². The molecule has 0 aliphatic carbocycles. The summed E-state index contributed by atoms with van der Waals surface area (Å²) in [4.78, 5) is 15.1. The van der Waals surface area contributed by atoms with E-state index in [1.54, 1.807) is 23.1 Å². The summed E-state index contributed by atoms with van der Waals surface area (Å²) in [5, 5.41) is 5.48. The van der Waals surface area contributed by atoms with Crippen LogP contribution in [-0.4, -0.2) is 38.6 Å². The number of hydrogen-bond acceptors (Lipinski definition) is 1. The van der Waals surface area contributed by atoms with Gasteiger partial charge in [-0.25, -0.2) is 4.39 Å². The Morgan fingerprint density at radius 2 is 1.48 bits per heavy atom. The van der Waals surface area contributed by atoms with Gasteiger partial charge in [-0.2, -0.15) is 0 Å². The lowest BCUT2D eigenvalue weighted by molar-refractivity contribution is -1.02. The van der Waals surface area contributed by atoms with Crippen molar-refractivity contribution in [2.75, 3.05) is 32.7 Å². The summed E-state index contributed by atoms with van der Waals surface area (Å²) < 4.78 is 13.7. The first-order valence-corrected chi connectivity index (χ1v) is 10.3. The first-order valence-electron chi connectivity index (χ1n) is 10.3. The minimum Gasteiger partial charge on any atom is -0.347 e. The van der Waals surface area contributed by atoms with Crippen molar-refractivity contribution in [3.63, 3.8) is 0 Å². The van der Waals surface area contributed by atoms with E-state index in [4.69, 9.17) is 0 Å². The van der Waals surface area contributed by atoms with Gasteiger partial charge in [-0.15, -0.1) is 0 Å². The van der Waals surface area contributed by atoms with Crippen LogP contribution in [0, 0.1) is 5.82 Å². The molecule has 5 heteroatoms. The second kappa shape index (κ2) is 9.16. The van der Waals surface area contributed by atoms with Crippen molar-refractivity contribution in [1.29, 1.82) is 0 Å². The highest BCUT2D eigenvalue weighted by molar-refractivity contribution is 5.85. The van der Waals surface area contributed by atoms with Crippen LogP contribution < -0.4 is 15.1 Å². The van der Waals surface area contributed by atoms with Crippen molar-refractivity contribution in [3.05, 3.63) is 83.7 Å². The van der Waals surface area contributed by atoms with E-state index in [-0.39, 0.29) is 18.3 Å². The van der Waals surface area contributed by atoms with E-state index in [1.165, 1.54) is 27.3 Å². The molecule has 0 aromatic heterocycles. The van der Waals surface area contributed by atoms with Crippen LogP contribution in [0.1, 0.15) is 11.1 Å². The van der Waals surface area contributed by atoms with E-state index >= 15 is 0 Å². The Morgan fingerprint density at radius 1 is 0.828 bits per heavy atom. The molecule has 0 spiro atoms. The molecule has 3 aromatic rings.